The van der Waals surface area contributed by atoms with E-state index in [0.29, 0.717) is 23.1 Å². The summed E-state index contributed by atoms with van der Waals surface area (Å²) < 4.78 is 7.05. The molecule has 0 unspecified atom stereocenters. The average molecular weight is 374 g/mol. The summed E-state index contributed by atoms with van der Waals surface area (Å²) in [5.74, 6) is 0.380. The first kappa shape index (κ1) is 18.2. The lowest BCUT2D eigenvalue weighted by molar-refractivity contribution is -0.142. The van der Waals surface area contributed by atoms with Crippen LogP contribution in [0, 0.1) is 0 Å². The van der Waals surface area contributed by atoms with Crippen molar-refractivity contribution in [3.05, 3.63) is 82.4 Å². The molecule has 0 bridgehead atoms. The molecule has 5 heteroatoms. The quantitative estimate of drug-likeness (QED) is 0.588. The Morgan fingerprint density at radius 2 is 1.86 bits per heavy atom. The summed E-state index contributed by atoms with van der Waals surface area (Å²) in [4.78, 5) is 29.6. The lowest BCUT2D eigenvalue weighted by Crippen LogP contribution is -2.25. The van der Waals surface area contributed by atoms with Gasteiger partial charge < -0.3 is 4.74 Å². The highest BCUT2D eigenvalue weighted by Crippen LogP contribution is 2.34. The first-order valence-electron chi connectivity index (χ1n) is 9.60. The second-order valence-corrected chi connectivity index (χ2v) is 6.95. The van der Waals surface area contributed by atoms with Gasteiger partial charge >= 0.3 is 5.97 Å². The molecule has 1 fully saturated rings. The Morgan fingerprint density at radius 3 is 2.64 bits per heavy atom. The molecule has 0 spiro atoms. The van der Waals surface area contributed by atoms with Gasteiger partial charge in [-0.1, -0.05) is 48.5 Å². The zero-order valence-corrected chi connectivity index (χ0v) is 15.6. The van der Waals surface area contributed by atoms with Gasteiger partial charge in [0.05, 0.1) is 17.3 Å². The Labute approximate surface area is 163 Å². The standard InChI is InChI=1S/C23H22N2O3/c26-22(28-16-6-9-17-7-2-1-3-8-17)15-14-21-24-20-11-5-4-10-19(20)23(27)25(21)18-12-13-18/h1-11,18H,12-16H2/b9-6+. The third-order valence-electron chi connectivity index (χ3n) is 4.80. The third kappa shape index (κ3) is 4.19. The first-order chi connectivity index (χ1) is 13.7. The zero-order chi connectivity index (χ0) is 19.3. The fourth-order valence-electron chi connectivity index (χ4n) is 3.25. The van der Waals surface area contributed by atoms with E-state index in [-0.39, 0.29) is 30.6 Å². The molecule has 28 heavy (non-hydrogen) atoms. The monoisotopic (exact) mass is 374 g/mol. The summed E-state index contributed by atoms with van der Waals surface area (Å²) >= 11 is 0. The third-order valence-corrected chi connectivity index (χ3v) is 4.80. The number of esters is 1. The van der Waals surface area contributed by atoms with Gasteiger partial charge in [0.2, 0.25) is 0 Å². The average Bonchev–Trinajstić information content (AvgIpc) is 3.55. The zero-order valence-electron chi connectivity index (χ0n) is 15.6. The van der Waals surface area contributed by atoms with Crippen molar-refractivity contribution in [3.8, 4) is 0 Å². The lowest BCUT2D eigenvalue weighted by atomic mass is 10.2. The van der Waals surface area contributed by atoms with Crippen LogP contribution < -0.4 is 5.56 Å². The molecule has 3 aromatic rings. The van der Waals surface area contributed by atoms with Crippen molar-refractivity contribution in [3.63, 3.8) is 0 Å². The molecule has 2 aromatic carbocycles. The summed E-state index contributed by atoms with van der Waals surface area (Å²) in [6.07, 6.45) is 6.32. The smallest absolute Gasteiger partial charge is 0.306 e. The number of hydrogen-bond acceptors (Lipinski definition) is 4. The Hall–Kier alpha value is -3.21. The number of fused-ring (bicyclic) bond motifs is 1. The first-order valence-corrected chi connectivity index (χ1v) is 9.60. The van der Waals surface area contributed by atoms with Gasteiger partial charge in [-0.3, -0.25) is 14.2 Å². The molecule has 0 atom stereocenters. The van der Waals surface area contributed by atoms with Crippen LogP contribution in [0.4, 0.5) is 0 Å². The molecular formula is C23H22N2O3. The summed E-state index contributed by atoms with van der Waals surface area (Å²) in [6.45, 7) is 0.230. The molecule has 5 nitrogen and oxygen atoms in total. The molecule has 0 N–H and O–H groups in total. The van der Waals surface area contributed by atoms with E-state index < -0.39 is 0 Å². The molecule has 1 aromatic heterocycles. The van der Waals surface area contributed by atoms with Gasteiger partial charge in [-0.25, -0.2) is 4.98 Å². The predicted molar refractivity (Wildman–Crippen MR) is 109 cm³/mol. The van der Waals surface area contributed by atoms with Crippen LogP contribution in [0.3, 0.4) is 0 Å². The van der Waals surface area contributed by atoms with E-state index in [2.05, 4.69) is 4.98 Å². The van der Waals surface area contributed by atoms with E-state index >= 15 is 0 Å². The molecule has 1 saturated carbocycles. The highest BCUT2D eigenvalue weighted by atomic mass is 16.5. The van der Waals surface area contributed by atoms with Crippen molar-refractivity contribution in [1.29, 1.82) is 0 Å². The minimum Gasteiger partial charge on any atom is -0.461 e. The molecular weight excluding hydrogens is 352 g/mol. The van der Waals surface area contributed by atoms with Gasteiger partial charge in [0.25, 0.3) is 5.56 Å². The number of para-hydroxylation sites is 1. The normalized spacial score (nSPS) is 13.9. The summed E-state index contributed by atoms with van der Waals surface area (Å²) in [5.41, 5.74) is 1.73. The van der Waals surface area contributed by atoms with E-state index in [1.54, 1.807) is 10.6 Å². The van der Waals surface area contributed by atoms with Crippen LogP contribution in [0.1, 0.15) is 36.7 Å². The van der Waals surface area contributed by atoms with Crippen molar-refractivity contribution in [2.45, 2.75) is 31.7 Å². The molecule has 0 amide bonds. The minimum absolute atomic E-state index is 0.0118. The lowest BCUT2D eigenvalue weighted by Gasteiger charge is -2.12. The highest BCUT2D eigenvalue weighted by Gasteiger charge is 2.28. The SMILES string of the molecule is O=C(CCc1nc2ccccc2c(=O)n1C1CC1)OC/C=C/c1ccccc1. The number of carbonyl (C=O) groups excluding carboxylic acids is 1. The minimum atomic E-state index is -0.289. The van der Waals surface area contributed by atoms with Crippen LogP contribution in [0.2, 0.25) is 0 Å². The van der Waals surface area contributed by atoms with E-state index in [4.69, 9.17) is 4.74 Å². The van der Waals surface area contributed by atoms with Crippen LogP contribution in [-0.4, -0.2) is 22.1 Å². The second-order valence-electron chi connectivity index (χ2n) is 6.95. The number of hydrogen-bond donors (Lipinski definition) is 0. The van der Waals surface area contributed by atoms with Crippen LogP contribution in [-0.2, 0) is 16.0 Å². The van der Waals surface area contributed by atoms with E-state index in [1.807, 2.05) is 60.7 Å². The van der Waals surface area contributed by atoms with Crippen molar-refractivity contribution in [2.24, 2.45) is 0 Å². The topological polar surface area (TPSA) is 61.2 Å². The van der Waals surface area contributed by atoms with Crippen molar-refractivity contribution < 1.29 is 9.53 Å². The van der Waals surface area contributed by atoms with Crippen LogP contribution in [0.25, 0.3) is 17.0 Å². The molecule has 4 rings (SSSR count). The maximum absolute atomic E-state index is 12.8. The summed E-state index contributed by atoms with van der Waals surface area (Å²) in [6, 6.07) is 17.4. The number of aryl methyl sites for hydroxylation is 1. The van der Waals surface area contributed by atoms with Crippen LogP contribution >= 0.6 is 0 Å². The maximum Gasteiger partial charge on any atom is 0.306 e. The molecule has 1 aliphatic rings. The maximum atomic E-state index is 12.8. The number of aromatic nitrogens is 2. The number of ether oxygens (including phenoxy) is 1. The Kier molecular flexibility index (Phi) is 5.33. The van der Waals surface area contributed by atoms with Crippen LogP contribution in [0.5, 0.6) is 0 Å². The molecule has 1 aliphatic carbocycles. The van der Waals surface area contributed by atoms with Gasteiger partial charge in [-0.2, -0.15) is 0 Å². The van der Waals surface area contributed by atoms with Gasteiger partial charge in [-0.15, -0.1) is 0 Å². The Bertz CT molecular complexity index is 1070. The summed E-state index contributed by atoms with van der Waals surface area (Å²) in [5, 5.41) is 0.631. The fourth-order valence-corrected chi connectivity index (χ4v) is 3.25. The van der Waals surface area contributed by atoms with Gasteiger partial charge in [0, 0.05) is 12.5 Å². The Morgan fingerprint density at radius 1 is 1.11 bits per heavy atom. The highest BCUT2D eigenvalue weighted by molar-refractivity contribution is 5.77. The van der Waals surface area contributed by atoms with Gasteiger partial charge in [0.15, 0.2) is 0 Å². The number of nitrogens with zero attached hydrogens (tertiary/aromatic N) is 2. The molecule has 1 heterocycles. The van der Waals surface area contributed by atoms with E-state index in [0.717, 1.165) is 18.4 Å². The molecule has 142 valence electrons. The van der Waals surface area contributed by atoms with Crippen molar-refractivity contribution >= 4 is 22.9 Å². The molecule has 0 saturated heterocycles. The Balaban J connectivity index is 1.40. The van der Waals surface area contributed by atoms with E-state index in [1.165, 1.54) is 0 Å². The number of benzene rings is 2. The summed E-state index contributed by atoms with van der Waals surface area (Å²) in [7, 11) is 0. The largest absolute Gasteiger partial charge is 0.461 e. The second kappa shape index (κ2) is 8.21. The molecule has 0 radical (unpaired) electrons. The van der Waals surface area contributed by atoms with Crippen LogP contribution in [0.15, 0.2) is 65.5 Å². The van der Waals surface area contributed by atoms with Gasteiger partial charge in [0.1, 0.15) is 12.4 Å². The molecule has 0 aliphatic heterocycles. The van der Waals surface area contributed by atoms with Crippen molar-refractivity contribution in [1.82, 2.24) is 9.55 Å². The number of carbonyl (C=O) groups is 1. The van der Waals surface area contributed by atoms with Crippen molar-refractivity contribution in [2.75, 3.05) is 6.61 Å². The number of rotatable bonds is 7. The fraction of sp³-hybridized carbons (Fsp3) is 0.261. The predicted octanol–water partition coefficient (Wildman–Crippen LogP) is 3.92. The van der Waals surface area contributed by atoms with Gasteiger partial charge in [-0.05, 0) is 36.6 Å². The van der Waals surface area contributed by atoms with E-state index in [9.17, 15) is 9.59 Å².